The van der Waals surface area contributed by atoms with Crippen LogP contribution in [-0.4, -0.2) is 32.4 Å². The van der Waals surface area contributed by atoms with E-state index in [2.05, 4.69) is 19.2 Å². The summed E-state index contributed by atoms with van der Waals surface area (Å²) in [5, 5.41) is 13.1. The van der Waals surface area contributed by atoms with E-state index in [1.54, 1.807) is 12.1 Å². The van der Waals surface area contributed by atoms with Crippen LogP contribution in [0, 0.1) is 5.92 Å². The van der Waals surface area contributed by atoms with E-state index >= 15 is 0 Å². The second-order valence-electron chi connectivity index (χ2n) is 5.75. The van der Waals surface area contributed by atoms with Crippen LogP contribution >= 0.6 is 0 Å². The molecule has 2 atom stereocenters. The number of hydrogen-bond donors (Lipinski definition) is 2. The lowest BCUT2D eigenvalue weighted by Gasteiger charge is -2.18. The molecule has 4 nitrogen and oxygen atoms in total. The van der Waals surface area contributed by atoms with Gasteiger partial charge in [0.1, 0.15) is 0 Å². The first-order chi connectivity index (χ1) is 9.20. The van der Waals surface area contributed by atoms with Crippen LogP contribution < -0.4 is 5.32 Å². The van der Waals surface area contributed by atoms with Crippen molar-refractivity contribution >= 4 is 9.84 Å². The molecule has 0 spiro atoms. The second kappa shape index (κ2) is 7.20. The Hall–Kier alpha value is -0.910. The third kappa shape index (κ3) is 5.61. The van der Waals surface area contributed by atoms with E-state index in [-0.39, 0.29) is 12.1 Å². The van der Waals surface area contributed by atoms with Crippen molar-refractivity contribution in [2.45, 2.75) is 44.2 Å². The molecule has 1 rings (SSSR count). The van der Waals surface area contributed by atoms with Gasteiger partial charge in [0.2, 0.25) is 0 Å². The van der Waals surface area contributed by atoms with Crippen molar-refractivity contribution in [1.82, 2.24) is 5.32 Å². The zero-order valence-electron chi connectivity index (χ0n) is 12.6. The number of aliphatic hydroxyl groups is 1. The van der Waals surface area contributed by atoms with Crippen LogP contribution in [0.25, 0.3) is 0 Å². The molecule has 0 aliphatic carbocycles. The summed E-state index contributed by atoms with van der Waals surface area (Å²) in [5.74, 6) is 0.469. The van der Waals surface area contributed by atoms with Crippen LogP contribution in [0.15, 0.2) is 29.2 Å². The molecule has 1 aromatic rings. The monoisotopic (exact) mass is 299 g/mol. The van der Waals surface area contributed by atoms with Gasteiger partial charge in [-0.1, -0.05) is 26.0 Å². The van der Waals surface area contributed by atoms with Crippen LogP contribution in [0.3, 0.4) is 0 Å². The first kappa shape index (κ1) is 17.1. The quantitative estimate of drug-likeness (QED) is 0.809. The molecule has 2 N–H and O–H groups in total. The molecule has 0 aromatic heterocycles. The molecule has 2 unspecified atom stereocenters. The normalized spacial score (nSPS) is 15.3. The molecule has 0 amide bonds. The fraction of sp³-hybridized carbons (Fsp3) is 0.600. The maximum atomic E-state index is 11.4. The van der Waals surface area contributed by atoms with Gasteiger partial charge >= 0.3 is 0 Å². The zero-order valence-corrected chi connectivity index (χ0v) is 13.4. The van der Waals surface area contributed by atoms with Gasteiger partial charge in [0.15, 0.2) is 9.84 Å². The maximum Gasteiger partial charge on any atom is 0.175 e. The van der Waals surface area contributed by atoms with E-state index in [9.17, 15) is 13.5 Å². The number of aliphatic hydroxyl groups excluding tert-OH is 1. The van der Waals surface area contributed by atoms with Gasteiger partial charge in [-0.2, -0.15) is 0 Å². The number of sulfone groups is 1. The van der Waals surface area contributed by atoms with Gasteiger partial charge in [-0.15, -0.1) is 0 Å². The molecule has 1 aromatic carbocycles. The van der Waals surface area contributed by atoms with Crippen LogP contribution in [0.4, 0.5) is 0 Å². The molecule has 114 valence electrons. The highest BCUT2D eigenvalue weighted by atomic mass is 32.2. The van der Waals surface area contributed by atoms with Crippen molar-refractivity contribution in [3.8, 4) is 0 Å². The van der Waals surface area contributed by atoms with Gasteiger partial charge in [0.05, 0.1) is 11.0 Å². The summed E-state index contributed by atoms with van der Waals surface area (Å²) in [4.78, 5) is 0.327. The average Bonchev–Trinajstić information content (AvgIpc) is 2.34. The highest BCUT2D eigenvalue weighted by molar-refractivity contribution is 7.90. The lowest BCUT2D eigenvalue weighted by Crippen LogP contribution is -2.30. The maximum absolute atomic E-state index is 11.4. The molecule has 0 radical (unpaired) electrons. The third-order valence-electron chi connectivity index (χ3n) is 3.21. The van der Waals surface area contributed by atoms with Crippen molar-refractivity contribution in [3.63, 3.8) is 0 Å². The lowest BCUT2D eigenvalue weighted by molar-refractivity contribution is 0.143. The van der Waals surface area contributed by atoms with Gasteiger partial charge in [-0.05, 0) is 37.0 Å². The van der Waals surface area contributed by atoms with Gasteiger partial charge in [0, 0.05) is 18.8 Å². The van der Waals surface area contributed by atoms with E-state index in [0.717, 1.165) is 12.0 Å². The standard InChI is InChI=1S/C15H25NO3S/c1-11(2)9-14(17)10-16-12(3)13-5-7-15(8-6-13)20(4,18)19/h5-8,11-12,14,16-17H,9-10H2,1-4H3. The Morgan fingerprint density at radius 1 is 1.15 bits per heavy atom. The molecule has 20 heavy (non-hydrogen) atoms. The summed E-state index contributed by atoms with van der Waals surface area (Å²) in [5.41, 5.74) is 1.01. The van der Waals surface area contributed by atoms with Gasteiger partial charge in [-0.25, -0.2) is 8.42 Å². The average molecular weight is 299 g/mol. The first-order valence-electron chi connectivity index (χ1n) is 6.91. The highest BCUT2D eigenvalue weighted by Gasteiger charge is 2.11. The van der Waals surface area contributed by atoms with Crippen molar-refractivity contribution in [2.75, 3.05) is 12.8 Å². The third-order valence-corrected chi connectivity index (χ3v) is 4.34. The molecular formula is C15H25NO3S. The van der Waals surface area contributed by atoms with E-state index in [1.165, 1.54) is 6.26 Å². The van der Waals surface area contributed by atoms with Crippen LogP contribution in [0.1, 0.15) is 38.8 Å². The molecule has 0 aliphatic heterocycles. The first-order valence-corrected chi connectivity index (χ1v) is 8.80. The molecular weight excluding hydrogens is 274 g/mol. The SMILES string of the molecule is CC(C)CC(O)CNC(C)c1ccc(S(C)(=O)=O)cc1. The highest BCUT2D eigenvalue weighted by Crippen LogP contribution is 2.16. The van der Waals surface area contributed by atoms with E-state index in [1.807, 2.05) is 19.1 Å². The molecule has 0 heterocycles. The molecule has 0 saturated heterocycles. The largest absolute Gasteiger partial charge is 0.392 e. The Kier molecular flexibility index (Phi) is 6.17. The molecule has 0 bridgehead atoms. The predicted octanol–water partition coefficient (Wildman–Crippen LogP) is 2.15. The van der Waals surface area contributed by atoms with E-state index in [0.29, 0.717) is 17.4 Å². The number of rotatable bonds is 7. The van der Waals surface area contributed by atoms with Crippen LogP contribution in [-0.2, 0) is 9.84 Å². The Balaban J connectivity index is 2.58. The Bertz CT molecular complexity index is 508. The van der Waals surface area contributed by atoms with Crippen molar-refractivity contribution in [3.05, 3.63) is 29.8 Å². The molecule has 5 heteroatoms. The van der Waals surface area contributed by atoms with Crippen molar-refractivity contribution < 1.29 is 13.5 Å². The summed E-state index contributed by atoms with van der Waals surface area (Å²) >= 11 is 0. The van der Waals surface area contributed by atoms with Crippen molar-refractivity contribution in [1.29, 1.82) is 0 Å². The number of hydrogen-bond acceptors (Lipinski definition) is 4. The van der Waals surface area contributed by atoms with Crippen LogP contribution in [0.5, 0.6) is 0 Å². The van der Waals surface area contributed by atoms with Gasteiger partial charge in [0.25, 0.3) is 0 Å². The molecule has 0 fully saturated rings. The minimum Gasteiger partial charge on any atom is -0.392 e. The summed E-state index contributed by atoms with van der Waals surface area (Å²) in [6, 6.07) is 6.93. The minimum atomic E-state index is -3.14. The fourth-order valence-electron chi connectivity index (χ4n) is 2.06. The summed E-state index contributed by atoms with van der Waals surface area (Å²) in [6.45, 7) is 6.69. The number of nitrogens with one attached hydrogen (secondary N) is 1. The minimum absolute atomic E-state index is 0.0745. The number of benzene rings is 1. The summed E-state index contributed by atoms with van der Waals surface area (Å²) < 4.78 is 22.8. The Labute approximate surface area is 122 Å². The Morgan fingerprint density at radius 3 is 2.15 bits per heavy atom. The zero-order chi connectivity index (χ0) is 15.3. The van der Waals surface area contributed by atoms with E-state index in [4.69, 9.17) is 0 Å². The lowest BCUT2D eigenvalue weighted by atomic mass is 10.0. The second-order valence-corrected chi connectivity index (χ2v) is 7.77. The summed E-state index contributed by atoms with van der Waals surface area (Å²) in [6.07, 6.45) is 1.62. The smallest absolute Gasteiger partial charge is 0.175 e. The van der Waals surface area contributed by atoms with Gasteiger partial charge in [-0.3, -0.25) is 0 Å². The van der Waals surface area contributed by atoms with Crippen molar-refractivity contribution in [2.24, 2.45) is 5.92 Å². The topological polar surface area (TPSA) is 66.4 Å². The predicted molar refractivity (Wildman–Crippen MR) is 81.4 cm³/mol. The fourth-order valence-corrected chi connectivity index (χ4v) is 2.69. The summed E-state index contributed by atoms with van der Waals surface area (Å²) in [7, 11) is -3.14. The molecule has 0 saturated carbocycles. The molecule has 0 aliphatic rings. The van der Waals surface area contributed by atoms with Crippen LogP contribution in [0.2, 0.25) is 0 Å². The van der Waals surface area contributed by atoms with E-state index < -0.39 is 9.84 Å². The van der Waals surface area contributed by atoms with Gasteiger partial charge < -0.3 is 10.4 Å². The Morgan fingerprint density at radius 2 is 1.70 bits per heavy atom.